The summed E-state index contributed by atoms with van der Waals surface area (Å²) in [4.78, 5) is 4.59. The van der Waals surface area contributed by atoms with Gasteiger partial charge in [0.1, 0.15) is 22.8 Å². The predicted molar refractivity (Wildman–Crippen MR) is 102 cm³/mol. The summed E-state index contributed by atoms with van der Waals surface area (Å²) >= 11 is 3.01. The van der Waals surface area contributed by atoms with Crippen LogP contribution in [0.2, 0.25) is 0 Å². The third kappa shape index (κ3) is 3.99. The van der Waals surface area contributed by atoms with Crippen molar-refractivity contribution < 1.29 is 18.3 Å². The van der Waals surface area contributed by atoms with Crippen LogP contribution >= 0.6 is 23.1 Å². The van der Waals surface area contributed by atoms with Gasteiger partial charge in [0.15, 0.2) is 0 Å². The molecule has 3 heterocycles. The third-order valence-electron chi connectivity index (χ3n) is 3.67. The lowest BCUT2D eigenvalue weighted by molar-refractivity contribution is 0.394. The number of thioether (sulfide) groups is 1. The fourth-order valence-corrected chi connectivity index (χ4v) is 3.91. The summed E-state index contributed by atoms with van der Waals surface area (Å²) in [6.07, 6.45) is 3.32. The van der Waals surface area contributed by atoms with E-state index in [1.807, 2.05) is 23.6 Å². The molecular weight excluding hydrogens is 386 g/mol. The van der Waals surface area contributed by atoms with E-state index < -0.39 is 0 Å². The molecule has 1 aromatic carbocycles. The smallest absolute Gasteiger partial charge is 0.277 e. The standard InChI is InChI=1S/C18H15N3O4S2/c1-22-14-5-12(6-15(7-14)23-2)16-20-21-18(25-16)27-10-13-9-26-17(19-13)11-3-4-24-8-11/h3-9H,10H2,1-2H3. The zero-order valence-electron chi connectivity index (χ0n) is 14.5. The summed E-state index contributed by atoms with van der Waals surface area (Å²) in [5.74, 6) is 2.36. The first-order chi connectivity index (χ1) is 13.2. The summed E-state index contributed by atoms with van der Waals surface area (Å²) in [6.45, 7) is 0. The summed E-state index contributed by atoms with van der Waals surface area (Å²) < 4.78 is 21.4. The van der Waals surface area contributed by atoms with Crippen LogP contribution in [0, 0.1) is 0 Å². The molecule has 0 spiro atoms. The lowest BCUT2D eigenvalue weighted by Gasteiger charge is -2.05. The van der Waals surface area contributed by atoms with E-state index in [2.05, 4.69) is 15.2 Å². The van der Waals surface area contributed by atoms with E-state index in [1.165, 1.54) is 11.8 Å². The Balaban J connectivity index is 1.46. The van der Waals surface area contributed by atoms with Crippen molar-refractivity contribution in [1.29, 1.82) is 0 Å². The third-order valence-corrected chi connectivity index (χ3v) is 5.46. The Kier molecular flexibility index (Phi) is 5.12. The highest BCUT2D eigenvalue weighted by Crippen LogP contribution is 2.32. The quantitative estimate of drug-likeness (QED) is 0.410. The minimum atomic E-state index is 0.409. The molecule has 0 bridgehead atoms. The Labute approximate surface area is 163 Å². The van der Waals surface area contributed by atoms with Crippen molar-refractivity contribution in [3.63, 3.8) is 0 Å². The summed E-state index contributed by atoms with van der Waals surface area (Å²) in [7, 11) is 3.19. The van der Waals surface area contributed by atoms with Gasteiger partial charge in [-0.15, -0.1) is 21.5 Å². The van der Waals surface area contributed by atoms with Gasteiger partial charge in [0.2, 0.25) is 5.89 Å². The molecule has 0 fully saturated rings. The first kappa shape index (κ1) is 17.6. The number of hydrogen-bond acceptors (Lipinski definition) is 9. The van der Waals surface area contributed by atoms with Crippen molar-refractivity contribution in [2.24, 2.45) is 0 Å². The van der Waals surface area contributed by atoms with Crippen LogP contribution in [0.5, 0.6) is 11.5 Å². The first-order valence-electron chi connectivity index (χ1n) is 7.92. The van der Waals surface area contributed by atoms with Gasteiger partial charge in [-0.3, -0.25) is 0 Å². The van der Waals surface area contributed by atoms with Crippen LogP contribution in [0.15, 0.2) is 56.2 Å². The van der Waals surface area contributed by atoms with Crippen LogP contribution in [0.3, 0.4) is 0 Å². The van der Waals surface area contributed by atoms with Gasteiger partial charge in [0.05, 0.1) is 26.2 Å². The highest BCUT2D eigenvalue weighted by molar-refractivity contribution is 7.98. The molecule has 138 valence electrons. The molecule has 0 radical (unpaired) electrons. The van der Waals surface area contributed by atoms with Crippen molar-refractivity contribution in [1.82, 2.24) is 15.2 Å². The number of ether oxygens (including phenoxy) is 2. The van der Waals surface area contributed by atoms with E-state index in [9.17, 15) is 0 Å². The lowest BCUT2D eigenvalue weighted by atomic mass is 10.2. The van der Waals surface area contributed by atoms with Crippen LogP contribution in [0.1, 0.15) is 5.69 Å². The average Bonchev–Trinajstić information content (AvgIpc) is 3.46. The molecule has 0 N–H and O–H groups in total. The van der Waals surface area contributed by atoms with Crippen LogP contribution in [0.4, 0.5) is 0 Å². The SMILES string of the molecule is COc1cc(OC)cc(-c2nnc(SCc3csc(-c4ccoc4)n3)o2)c1. The minimum Gasteiger partial charge on any atom is -0.497 e. The molecule has 0 aliphatic carbocycles. The van der Waals surface area contributed by atoms with E-state index in [4.69, 9.17) is 18.3 Å². The molecule has 0 unspecified atom stereocenters. The second-order valence-electron chi connectivity index (χ2n) is 5.42. The fourth-order valence-electron chi connectivity index (χ4n) is 2.34. The maximum atomic E-state index is 5.76. The zero-order chi connectivity index (χ0) is 18.6. The number of benzene rings is 1. The Morgan fingerprint density at radius 3 is 2.59 bits per heavy atom. The van der Waals surface area contributed by atoms with Crippen LogP contribution < -0.4 is 9.47 Å². The molecule has 0 aliphatic rings. The normalized spacial score (nSPS) is 10.9. The largest absolute Gasteiger partial charge is 0.497 e. The number of rotatable bonds is 7. The molecule has 0 saturated heterocycles. The second kappa shape index (κ2) is 7.85. The molecular formula is C18H15N3O4S2. The Bertz CT molecular complexity index is 1000. The van der Waals surface area contributed by atoms with Crippen LogP contribution in [-0.4, -0.2) is 29.4 Å². The number of furan rings is 1. The van der Waals surface area contributed by atoms with E-state index in [0.29, 0.717) is 28.4 Å². The van der Waals surface area contributed by atoms with Gasteiger partial charge in [-0.25, -0.2) is 4.98 Å². The molecule has 4 aromatic rings. The number of aromatic nitrogens is 3. The van der Waals surface area contributed by atoms with Gasteiger partial charge in [-0.05, 0) is 18.2 Å². The first-order valence-corrected chi connectivity index (χ1v) is 9.78. The number of methoxy groups -OCH3 is 2. The summed E-state index contributed by atoms with van der Waals surface area (Å²) in [5, 5.41) is 11.6. The highest BCUT2D eigenvalue weighted by atomic mass is 32.2. The Hall–Kier alpha value is -2.78. The van der Waals surface area contributed by atoms with Crippen molar-refractivity contribution in [2.45, 2.75) is 11.0 Å². The van der Waals surface area contributed by atoms with Gasteiger partial charge in [0, 0.05) is 28.3 Å². The summed E-state index contributed by atoms with van der Waals surface area (Å²) in [6, 6.07) is 7.32. The van der Waals surface area contributed by atoms with Crippen LogP contribution in [-0.2, 0) is 5.75 Å². The van der Waals surface area contributed by atoms with Crippen molar-refractivity contribution >= 4 is 23.1 Å². The van der Waals surface area contributed by atoms with Crippen LogP contribution in [0.25, 0.3) is 22.0 Å². The van der Waals surface area contributed by atoms with Gasteiger partial charge >= 0.3 is 0 Å². The zero-order valence-corrected chi connectivity index (χ0v) is 16.2. The lowest BCUT2D eigenvalue weighted by Crippen LogP contribution is -1.88. The van der Waals surface area contributed by atoms with E-state index >= 15 is 0 Å². The van der Waals surface area contributed by atoms with E-state index in [1.54, 1.807) is 44.1 Å². The van der Waals surface area contributed by atoms with Crippen molar-refractivity contribution in [3.8, 4) is 33.5 Å². The highest BCUT2D eigenvalue weighted by Gasteiger charge is 2.13. The maximum Gasteiger partial charge on any atom is 0.277 e. The Morgan fingerprint density at radius 1 is 1.07 bits per heavy atom. The van der Waals surface area contributed by atoms with Crippen molar-refractivity contribution in [3.05, 3.63) is 47.9 Å². The fraction of sp³-hybridized carbons (Fsp3) is 0.167. The monoisotopic (exact) mass is 401 g/mol. The van der Waals surface area contributed by atoms with Gasteiger partial charge in [-0.1, -0.05) is 11.8 Å². The average molecular weight is 401 g/mol. The predicted octanol–water partition coefficient (Wildman–Crippen LogP) is 4.76. The molecule has 9 heteroatoms. The number of thiazole rings is 1. The van der Waals surface area contributed by atoms with E-state index in [-0.39, 0.29) is 0 Å². The van der Waals surface area contributed by atoms with E-state index in [0.717, 1.165) is 21.8 Å². The molecule has 0 saturated carbocycles. The molecule has 7 nitrogen and oxygen atoms in total. The molecule has 27 heavy (non-hydrogen) atoms. The molecule has 0 atom stereocenters. The second-order valence-corrected chi connectivity index (χ2v) is 7.20. The van der Waals surface area contributed by atoms with Gasteiger partial charge in [-0.2, -0.15) is 0 Å². The summed E-state index contributed by atoms with van der Waals surface area (Å²) in [5.41, 5.74) is 2.66. The van der Waals surface area contributed by atoms with Gasteiger partial charge in [0.25, 0.3) is 5.22 Å². The number of nitrogens with zero attached hydrogens (tertiary/aromatic N) is 3. The minimum absolute atomic E-state index is 0.409. The van der Waals surface area contributed by atoms with Gasteiger partial charge < -0.3 is 18.3 Å². The Morgan fingerprint density at radius 2 is 1.89 bits per heavy atom. The van der Waals surface area contributed by atoms with Crippen molar-refractivity contribution in [2.75, 3.05) is 14.2 Å². The molecule has 4 rings (SSSR count). The maximum absolute atomic E-state index is 5.76. The topological polar surface area (TPSA) is 83.4 Å². The molecule has 0 amide bonds. The molecule has 3 aromatic heterocycles. The molecule has 0 aliphatic heterocycles. The number of hydrogen-bond donors (Lipinski definition) is 0.